The molecule has 2 aromatic rings. The Bertz CT molecular complexity index is 865. The Labute approximate surface area is 150 Å². The number of amides is 1. The molecule has 1 aliphatic rings. The summed E-state index contributed by atoms with van der Waals surface area (Å²) in [5, 5.41) is 6.35. The summed E-state index contributed by atoms with van der Waals surface area (Å²) in [6.45, 7) is 3.72. The molecule has 7 heteroatoms. The van der Waals surface area contributed by atoms with Gasteiger partial charge in [-0.1, -0.05) is 17.7 Å². The van der Waals surface area contributed by atoms with E-state index in [-0.39, 0.29) is 18.9 Å². The molecule has 1 fully saturated rings. The molecule has 0 bridgehead atoms. The number of carbonyl (C=O) groups is 1. The molecular weight excluding hydrogens is 342 g/mol. The number of carbonyl (C=O) groups excluding carboxylic acids is 1. The highest BCUT2D eigenvalue weighted by atomic mass is 35.5. The maximum atomic E-state index is 12.1. The molecule has 6 nitrogen and oxygen atoms in total. The highest BCUT2D eigenvalue weighted by Gasteiger charge is 2.27. The molecule has 1 amide bonds. The highest BCUT2D eigenvalue weighted by molar-refractivity contribution is 6.31. The summed E-state index contributed by atoms with van der Waals surface area (Å²) in [7, 11) is 0. The van der Waals surface area contributed by atoms with Crippen molar-refractivity contribution in [1.82, 2.24) is 0 Å². The molecule has 0 radical (unpaired) electrons. The molecule has 1 aliphatic heterocycles. The molecule has 3 rings (SSSR count). The van der Waals surface area contributed by atoms with Crippen molar-refractivity contribution in [2.24, 2.45) is 0 Å². The summed E-state index contributed by atoms with van der Waals surface area (Å²) in [4.78, 5) is 37.6. The zero-order valence-electron chi connectivity index (χ0n) is 14.0. The van der Waals surface area contributed by atoms with Crippen molar-refractivity contribution in [1.29, 1.82) is 0 Å². The SMILES string of the molecule is Cc1c(Cl)cccc1NC(=O)CCNc1c(N2CCCC2)c(=O)c1=O. The van der Waals surface area contributed by atoms with Crippen LogP contribution in [0.25, 0.3) is 0 Å². The monoisotopic (exact) mass is 361 g/mol. The summed E-state index contributed by atoms with van der Waals surface area (Å²) in [6.07, 6.45) is 2.24. The smallest absolute Gasteiger partial charge is 0.253 e. The van der Waals surface area contributed by atoms with E-state index >= 15 is 0 Å². The van der Waals surface area contributed by atoms with Crippen LogP contribution in [0.4, 0.5) is 17.1 Å². The minimum absolute atomic E-state index is 0.181. The zero-order valence-corrected chi connectivity index (χ0v) is 14.8. The topological polar surface area (TPSA) is 78.5 Å². The number of hydrogen-bond acceptors (Lipinski definition) is 5. The lowest BCUT2D eigenvalue weighted by atomic mass is 10.1. The van der Waals surface area contributed by atoms with Crippen LogP contribution < -0.4 is 26.4 Å². The zero-order chi connectivity index (χ0) is 18.0. The third-order valence-corrected chi connectivity index (χ3v) is 4.91. The molecule has 25 heavy (non-hydrogen) atoms. The van der Waals surface area contributed by atoms with Crippen molar-refractivity contribution in [3.8, 4) is 0 Å². The molecule has 1 heterocycles. The average molecular weight is 362 g/mol. The van der Waals surface area contributed by atoms with E-state index in [2.05, 4.69) is 10.6 Å². The molecule has 1 saturated heterocycles. The quantitative estimate of drug-likeness (QED) is 0.772. The molecule has 0 spiro atoms. The fourth-order valence-corrected chi connectivity index (χ4v) is 3.22. The molecule has 2 N–H and O–H groups in total. The van der Waals surface area contributed by atoms with Gasteiger partial charge in [0.25, 0.3) is 10.9 Å². The Morgan fingerprint density at radius 1 is 1.20 bits per heavy atom. The van der Waals surface area contributed by atoms with E-state index in [0.29, 0.717) is 22.1 Å². The van der Waals surface area contributed by atoms with Gasteiger partial charge in [-0.2, -0.15) is 0 Å². The normalized spacial score (nSPS) is 14.1. The van der Waals surface area contributed by atoms with Crippen LogP contribution in [-0.4, -0.2) is 25.5 Å². The second kappa shape index (κ2) is 7.27. The van der Waals surface area contributed by atoms with Crippen molar-refractivity contribution in [3.05, 3.63) is 49.2 Å². The van der Waals surface area contributed by atoms with Crippen LogP contribution in [0.3, 0.4) is 0 Å². The van der Waals surface area contributed by atoms with Gasteiger partial charge in [-0.15, -0.1) is 0 Å². The van der Waals surface area contributed by atoms with Crippen molar-refractivity contribution in [2.45, 2.75) is 26.2 Å². The number of halogens is 1. The van der Waals surface area contributed by atoms with Gasteiger partial charge in [-0.3, -0.25) is 14.4 Å². The van der Waals surface area contributed by atoms with Crippen molar-refractivity contribution >= 4 is 34.6 Å². The Kier molecular flexibility index (Phi) is 5.08. The van der Waals surface area contributed by atoms with Crippen LogP contribution in [-0.2, 0) is 4.79 Å². The van der Waals surface area contributed by atoms with Crippen LogP contribution in [0.5, 0.6) is 0 Å². The van der Waals surface area contributed by atoms with E-state index in [0.717, 1.165) is 31.5 Å². The van der Waals surface area contributed by atoms with E-state index in [1.54, 1.807) is 18.2 Å². The summed E-state index contributed by atoms with van der Waals surface area (Å²) in [5.74, 6) is -0.181. The Morgan fingerprint density at radius 2 is 1.92 bits per heavy atom. The van der Waals surface area contributed by atoms with E-state index in [1.165, 1.54) is 0 Å². The lowest BCUT2D eigenvalue weighted by molar-refractivity contribution is -0.115. The second-order valence-corrected chi connectivity index (χ2v) is 6.62. The number of nitrogens with one attached hydrogen (secondary N) is 2. The van der Waals surface area contributed by atoms with Crippen LogP contribution in [0, 0.1) is 6.92 Å². The molecule has 2 aromatic carbocycles. The largest absolute Gasteiger partial charge is 0.379 e. The van der Waals surface area contributed by atoms with E-state index in [4.69, 9.17) is 11.6 Å². The van der Waals surface area contributed by atoms with Crippen LogP contribution in [0.15, 0.2) is 27.8 Å². The lowest BCUT2D eigenvalue weighted by Gasteiger charge is -2.22. The van der Waals surface area contributed by atoms with Crippen molar-refractivity contribution in [2.75, 3.05) is 35.2 Å². The van der Waals surface area contributed by atoms with Gasteiger partial charge in [0.15, 0.2) is 0 Å². The molecule has 0 aliphatic carbocycles. The average Bonchev–Trinajstić information content (AvgIpc) is 3.11. The standard InChI is InChI=1S/C18H20ClN3O3/c1-11-12(19)5-4-6-13(11)21-14(23)7-8-20-15-16(18(25)17(15)24)22-9-2-3-10-22/h4-6,20H,2-3,7-10H2,1H3,(H,21,23). The fourth-order valence-electron chi connectivity index (χ4n) is 3.04. The predicted octanol–water partition coefficient (Wildman–Crippen LogP) is 2.29. The first kappa shape index (κ1) is 17.5. The maximum Gasteiger partial charge on any atom is 0.253 e. The first-order valence-electron chi connectivity index (χ1n) is 8.36. The number of anilines is 3. The number of hydrogen-bond donors (Lipinski definition) is 2. The Balaban J connectivity index is 1.56. The molecular formula is C18H20ClN3O3. The Hall–Kier alpha value is -2.34. The molecule has 0 atom stereocenters. The van der Waals surface area contributed by atoms with Gasteiger partial charge >= 0.3 is 0 Å². The molecule has 0 aromatic heterocycles. The molecule has 0 unspecified atom stereocenters. The predicted molar refractivity (Wildman–Crippen MR) is 101 cm³/mol. The Morgan fingerprint density at radius 3 is 2.64 bits per heavy atom. The van der Waals surface area contributed by atoms with Crippen molar-refractivity contribution < 1.29 is 4.79 Å². The minimum Gasteiger partial charge on any atom is -0.379 e. The van der Waals surface area contributed by atoms with E-state index in [1.807, 2.05) is 11.8 Å². The van der Waals surface area contributed by atoms with Gasteiger partial charge in [-0.25, -0.2) is 0 Å². The minimum atomic E-state index is -0.493. The molecule has 132 valence electrons. The third kappa shape index (κ3) is 3.54. The van der Waals surface area contributed by atoms with Crippen LogP contribution in [0.2, 0.25) is 5.02 Å². The number of benzene rings is 1. The van der Waals surface area contributed by atoms with Gasteiger partial charge in [0.2, 0.25) is 5.91 Å². The summed E-state index contributed by atoms with van der Waals surface area (Å²) < 4.78 is 0. The first-order chi connectivity index (χ1) is 12.0. The number of nitrogens with zero attached hydrogens (tertiary/aromatic N) is 1. The van der Waals surface area contributed by atoms with Gasteiger partial charge < -0.3 is 15.5 Å². The molecule has 0 saturated carbocycles. The fraction of sp³-hybridized carbons (Fsp3) is 0.389. The highest BCUT2D eigenvalue weighted by Crippen LogP contribution is 2.25. The van der Waals surface area contributed by atoms with Crippen LogP contribution in [0.1, 0.15) is 24.8 Å². The van der Waals surface area contributed by atoms with Gasteiger partial charge in [0.1, 0.15) is 11.4 Å². The maximum absolute atomic E-state index is 12.1. The second-order valence-electron chi connectivity index (χ2n) is 6.21. The van der Waals surface area contributed by atoms with Crippen molar-refractivity contribution in [3.63, 3.8) is 0 Å². The third-order valence-electron chi connectivity index (χ3n) is 4.50. The van der Waals surface area contributed by atoms with Gasteiger partial charge in [-0.05, 0) is 37.5 Å². The van der Waals surface area contributed by atoms with E-state index in [9.17, 15) is 14.4 Å². The van der Waals surface area contributed by atoms with Crippen LogP contribution >= 0.6 is 11.6 Å². The number of rotatable bonds is 6. The summed E-state index contributed by atoms with van der Waals surface area (Å²) >= 11 is 6.03. The van der Waals surface area contributed by atoms with E-state index < -0.39 is 10.9 Å². The van der Waals surface area contributed by atoms with Gasteiger partial charge in [0, 0.05) is 36.8 Å². The summed E-state index contributed by atoms with van der Waals surface area (Å²) in [5.41, 5.74) is 1.39. The lowest BCUT2D eigenvalue weighted by Crippen LogP contribution is -2.42. The summed E-state index contributed by atoms with van der Waals surface area (Å²) in [6, 6.07) is 5.32. The first-order valence-corrected chi connectivity index (χ1v) is 8.74. The van der Waals surface area contributed by atoms with Gasteiger partial charge in [0.05, 0.1) is 0 Å².